The minimum atomic E-state index is -0.833. The first-order chi connectivity index (χ1) is 3.65. The van der Waals surface area contributed by atoms with E-state index in [1.54, 1.807) is 0 Å². The molecule has 0 atom stereocenters. The summed E-state index contributed by atoms with van der Waals surface area (Å²) in [6.45, 7) is 3.49. The lowest BCUT2D eigenvalue weighted by molar-refractivity contribution is -0.134. The van der Waals surface area contributed by atoms with Crippen LogP contribution in [0.15, 0.2) is 0 Å². The fourth-order valence-electron chi connectivity index (χ4n) is 0. The third-order valence-electron chi connectivity index (χ3n) is 0.109. The second-order valence-corrected chi connectivity index (χ2v) is 1.14. The fourth-order valence-corrected chi connectivity index (χ4v) is 0. The molecule has 0 spiro atoms. The Labute approximate surface area is 53.4 Å². The maximum atomic E-state index is 9.00. The van der Waals surface area contributed by atoms with E-state index in [1.165, 1.54) is 0 Å². The summed E-state index contributed by atoms with van der Waals surface area (Å²) in [7, 11) is 0. The smallest absolute Gasteiger partial charge is 0.300 e. The van der Waals surface area contributed by atoms with Crippen LogP contribution in [0.3, 0.4) is 0 Å². The predicted molar refractivity (Wildman–Crippen MR) is 30.8 cm³/mol. The average molecular weight is 141 g/mol. The molecule has 0 bridgehead atoms. The topological polar surface area (TPSA) is 46.5 Å². The van der Waals surface area contributed by atoms with Gasteiger partial charge >= 0.3 is 0 Å². The van der Waals surface area contributed by atoms with Crippen LogP contribution in [0.5, 0.6) is 0 Å². The molecule has 0 rings (SSSR count). The number of halogens is 1. The van der Waals surface area contributed by atoms with E-state index in [-0.39, 0.29) is 0 Å². The number of carboxylic acid groups (broad SMARTS) is 1. The molecular formula is C4H9ClO3. The summed E-state index contributed by atoms with van der Waals surface area (Å²) in [5.74, 6) is -0.833. The van der Waals surface area contributed by atoms with Gasteiger partial charge in [-0.2, -0.15) is 0 Å². The summed E-state index contributed by atoms with van der Waals surface area (Å²) in [4.78, 5) is 9.00. The van der Waals surface area contributed by atoms with Crippen molar-refractivity contribution in [2.45, 2.75) is 13.8 Å². The monoisotopic (exact) mass is 140 g/mol. The summed E-state index contributed by atoms with van der Waals surface area (Å²) in [6.07, 6.45) is 0. The Hall–Kier alpha value is -0.280. The highest BCUT2D eigenvalue weighted by Crippen LogP contribution is 1.71. The van der Waals surface area contributed by atoms with Crippen LogP contribution in [0.25, 0.3) is 0 Å². The summed E-state index contributed by atoms with van der Waals surface area (Å²) in [6, 6.07) is 0. The predicted octanol–water partition coefficient (Wildman–Crippen LogP) is 1.27. The van der Waals surface area contributed by atoms with Crippen molar-refractivity contribution < 1.29 is 14.2 Å². The van der Waals surface area contributed by atoms with E-state index < -0.39 is 5.97 Å². The van der Waals surface area contributed by atoms with Crippen LogP contribution < -0.4 is 0 Å². The first kappa shape index (κ1) is 10.7. The van der Waals surface area contributed by atoms with Crippen molar-refractivity contribution in [3.8, 4) is 0 Å². The van der Waals surface area contributed by atoms with Crippen LogP contribution in [0, 0.1) is 0 Å². The van der Waals surface area contributed by atoms with Crippen LogP contribution in [0.4, 0.5) is 0 Å². The van der Waals surface area contributed by atoms with Gasteiger partial charge in [0.15, 0.2) is 0 Å². The molecule has 0 saturated carbocycles. The SMILES string of the molecule is CC(=O)O.CCOCl. The minimum absolute atomic E-state index is 0.585. The van der Waals surface area contributed by atoms with Gasteiger partial charge in [0.2, 0.25) is 0 Å². The third-order valence-corrected chi connectivity index (χ3v) is 0.327. The molecule has 0 aromatic rings. The van der Waals surface area contributed by atoms with Gasteiger partial charge in [-0.1, -0.05) is 0 Å². The van der Waals surface area contributed by atoms with Gasteiger partial charge in [0.05, 0.1) is 18.5 Å². The number of carbonyl (C=O) groups is 1. The summed E-state index contributed by atoms with van der Waals surface area (Å²) in [5, 5.41) is 7.42. The highest BCUT2D eigenvalue weighted by molar-refractivity contribution is 6.07. The zero-order chi connectivity index (χ0) is 6.99. The van der Waals surface area contributed by atoms with Crippen molar-refractivity contribution in [3.63, 3.8) is 0 Å². The lowest BCUT2D eigenvalue weighted by Gasteiger charge is -1.70. The zero-order valence-electron chi connectivity index (χ0n) is 4.85. The molecule has 0 radical (unpaired) electrons. The Bertz CT molecular complexity index is 49.2. The van der Waals surface area contributed by atoms with Gasteiger partial charge in [0.1, 0.15) is 0 Å². The highest BCUT2D eigenvalue weighted by atomic mass is 35.5. The summed E-state index contributed by atoms with van der Waals surface area (Å²) < 4.78 is 4.01. The maximum Gasteiger partial charge on any atom is 0.300 e. The van der Waals surface area contributed by atoms with Gasteiger partial charge in [-0.3, -0.25) is 9.08 Å². The van der Waals surface area contributed by atoms with Gasteiger partial charge < -0.3 is 5.11 Å². The van der Waals surface area contributed by atoms with Gasteiger partial charge in [0, 0.05) is 6.92 Å². The molecule has 0 aliphatic heterocycles. The van der Waals surface area contributed by atoms with E-state index in [4.69, 9.17) is 9.90 Å². The van der Waals surface area contributed by atoms with Crippen molar-refractivity contribution in [2.75, 3.05) is 6.61 Å². The van der Waals surface area contributed by atoms with Crippen molar-refractivity contribution in [1.82, 2.24) is 0 Å². The zero-order valence-corrected chi connectivity index (χ0v) is 5.60. The molecule has 0 heterocycles. The average Bonchev–Trinajstić information content (AvgIpc) is 1.65. The summed E-state index contributed by atoms with van der Waals surface area (Å²) >= 11 is 4.69. The molecule has 3 nitrogen and oxygen atoms in total. The van der Waals surface area contributed by atoms with Crippen LogP contribution in [-0.4, -0.2) is 17.7 Å². The third kappa shape index (κ3) is 246. The summed E-state index contributed by atoms with van der Waals surface area (Å²) in [5.41, 5.74) is 0. The standard InChI is InChI=1S/C2H5ClO.C2H4O2/c1-2-4-3;1-2(3)4/h2H2,1H3;1H3,(H,3,4). The van der Waals surface area contributed by atoms with Crippen LogP contribution in [-0.2, 0) is 9.08 Å². The Morgan fingerprint density at radius 3 is 2.00 bits per heavy atom. The molecule has 0 fully saturated rings. The van der Waals surface area contributed by atoms with Crippen molar-refractivity contribution >= 4 is 17.8 Å². The van der Waals surface area contributed by atoms with E-state index in [9.17, 15) is 0 Å². The molecule has 0 aliphatic carbocycles. The van der Waals surface area contributed by atoms with E-state index in [2.05, 4.69) is 16.2 Å². The first-order valence-corrected chi connectivity index (χ1v) is 2.39. The van der Waals surface area contributed by atoms with Crippen LogP contribution in [0.1, 0.15) is 13.8 Å². The first-order valence-electron chi connectivity index (χ1n) is 2.08. The molecule has 0 aromatic carbocycles. The fraction of sp³-hybridized carbons (Fsp3) is 0.750. The lowest BCUT2D eigenvalue weighted by Crippen LogP contribution is -1.78. The molecule has 0 aliphatic rings. The number of hydrogen-bond donors (Lipinski definition) is 1. The Balaban J connectivity index is 0. The van der Waals surface area contributed by atoms with Gasteiger partial charge in [-0.05, 0) is 6.92 Å². The van der Waals surface area contributed by atoms with E-state index >= 15 is 0 Å². The number of rotatable bonds is 1. The molecule has 0 saturated heterocycles. The Kier molecular flexibility index (Phi) is 13.1. The van der Waals surface area contributed by atoms with E-state index in [0.717, 1.165) is 6.92 Å². The largest absolute Gasteiger partial charge is 0.481 e. The number of hydrogen-bond acceptors (Lipinski definition) is 2. The molecule has 0 aromatic heterocycles. The second-order valence-electron chi connectivity index (χ2n) is 0.917. The van der Waals surface area contributed by atoms with Crippen LogP contribution in [0.2, 0.25) is 0 Å². The molecule has 8 heavy (non-hydrogen) atoms. The Morgan fingerprint density at radius 1 is 1.88 bits per heavy atom. The lowest BCUT2D eigenvalue weighted by atomic mass is 10.9. The second kappa shape index (κ2) is 9.87. The van der Waals surface area contributed by atoms with Crippen molar-refractivity contribution in [2.24, 2.45) is 0 Å². The normalized spacial score (nSPS) is 6.88. The number of carboxylic acids is 1. The van der Waals surface area contributed by atoms with Gasteiger partial charge in [0.25, 0.3) is 5.97 Å². The van der Waals surface area contributed by atoms with Gasteiger partial charge in [-0.25, -0.2) is 0 Å². The van der Waals surface area contributed by atoms with E-state index in [1.807, 2.05) is 6.92 Å². The van der Waals surface area contributed by atoms with Crippen molar-refractivity contribution in [3.05, 3.63) is 0 Å². The minimum Gasteiger partial charge on any atom is -0.481 e. The van der Waals surface area contributed by atoms with Gasteiger partial charge in [-0.15, -0.1) is 0 Å². The molecule has 50 valence electrons. The molecule has 4 heteroatoms. The van der Waals surface area contributed by atoms with Crippen LogP contribution >= 0.6 is 11.9 Å². The van der Waals surface area contributed by atoms with Crippen molar-refractivity contribution in [1.29, 1.82) is 0 Å². The maximum absolute atomic E-state index is 9.00. The molecule has 0 unspecified atom stereocenters. The molecular weight excluding hydrogens is 131 g/mol. The quantitative estimate of drug-likeness (QED) is 0.597. The van der Waals surface area contributed by atoms with E-state index in [0.29, 0.717) is 6.61 Å². The number of aliphatic carboxylic acids is 1. The molecule has 0 amide bonds. The molecule has 1 N–H and O–H groups in total. The highest BCUT2D eigenvalue weighted by Gasteiger charge is 1.65. The Morgan fingerprint density at radius 2 is 2.00 bits per heavy atom.